The summed E-state index contributed by atoms with van der Waals surface area (Å²) >= 11 is 0. The Morgan fingerprint density at radius 2 is 1.83 bits per heavy atom. The van der Waals surface area contributed by atoms with E-state index >= 15 is 0 Å². The van der Waals surface area contributed by atoms with Crippen LogP contribution < -0.4 is 0 Å². The van der Waals surface area contributed by atoms with Crippen LogP contribution >= 0.6 is 0 Å². The summed E-state index contributed by atoms with van der Waals surface area (Å²) in [5.41, 5.74) is -0.506. The maximum absolute atomic E-state index is 10.8. The van der Waals surface area contributed by atoms with Gasteiger partial charge in [-0.05, 0) is 18.8 Å². The van der Waals surface area contributed by atoms with E-state index in [0.717, 1.165) is 25.7 Å². The van der Waals surface area contributed by atoms with Crippen LogP contribution in [0.2, 0.25) is 0 Å². The molecule has 2 N–H and O–H groups in total. The highest BCUT2D eigenvalue weighted by molar-refractivity contribution is 5.98. The van der Waals surface area contributed by atoms with Crippen LogP contribution in [0.3, 0.4) is 0 Å². The van der Waals surface area contributed by atoms with Gasteiger partial charge in [0.1, 0.15) is 0 Å². The normalized spacial score (nSPS) is 16.7. The molecule has 1 aromatic heterocycles. The minimum atomic E-state index is -1.39. The first-order valence-electron chi connectivity index (χ1n) is 6.04. The van der Waals surface area contributed by atoms with Gasteiger partial charge >= 0.3 is 11.9 Å². The molecule has 0 amide bonds. The highest BCUT2D eigenvalue weighted by atomic mass is 16.4. The molecule has 6 nitrogen and oxygen atoms in total. The van der Waals surface area contributed by atoms with Crippen molar-refractivity contribution < 1.29 is 24.2 Å². The van der Waals surface area contributed by atoms with Gasteiger partial charge in [-0.1, -0.05) is 19.3 Å². The Labute approximate surface area is 104 Å². The minimum absolute atomic E-state index is 0.219. The summed E-state index contributed by atoms with van der Waals surface area (Å²) < 4.78 is 5.05. The molecule has 6 heteroatoms. The van der Waals surface area contributed by atoms with E-state index in [0.29, 0.717) is 12.3 Å². The van der Waals surface area contributed by atoms with Gasteiger partial charge in [0.2, 0.25) is 11.5 Å². The monoisotopic (exact) mass is 253 g/mol. The van der Waals surface area contributed by atoms with Crippen molar-refractivity contribution in [1.82, 2.24) is 4.98 Å². The molecule has 0 radical (unpaired) electrons. The van der Waals surface area contributed by atoms with Crippen LogP contribution in [-0.2, 0) is 6.42 Å². The lowest BCUT2D eigenvalue weighted by Gasteiger charge is -2.19. The maximum Gasteiger partial charge on any atom is 0.374 e. The Balaban J connectivity index is 2.15. The molecular formula is C12H15NO5. The van der Waals surface area contributed by atoms with E-state index in [1.165, 1.54) is 6.42 Å². The first kappa shape index (κ1) is 12.6. The fraction of sp³-hybridized carbons (Fsp3) is 0.583. The van der Waals surface area contributed by atoms with E-state index in [4.69, 9.17) is 14.6 Å². The molecule has 0 unspecified atom stereocenters. The SMILES string of the molecule is O=C(O)c1nc(CC2CCCCC2)oc1C(=O)O. The van der Waals surface area contributed by atoms with Gasteiger partial charge in [0.25, 0.3) is 0 Å². The van der Waals surface area contributed by atoms with Gasteiger partial charge in [0, 0.05) is 6.42 Å². The summed E-state index contributed by atoms with van der Waals surface area (Å²) in [6.07, 6.45) is 6.18. The smallest absolute Gasteiger partial charge is 0.374 e. The van der Waals surface area contributed by atoms with Gasteiger partial charge in [-0.2, -0.15) is 0 Å². The number of aromatic carboxylic acids is 2. The predicted octanol–water partition coefficient (Wildman–Crippen LogP) is 2.19. The number of rotatable bonds is 4. The molecule has 18 heavy (non-hydrogen) atoms. The second kappa shape index (κ2) is 5.20. The van der Waals surface area contributed by atoms with Gasteiger partial charge in [0.05, 0.1) is 0 Å². The molecule has 0 bridgehead atoms. The zero-order chi connectivity index (χ0) is 13.1. The third kappa shape index (κ3) is 2.69. The van der Waals surface area contributed by atoms with Crippen molar-refractivity contribution in [2.45, 2.75) is 38.5 Å². The Morgan fingerprint density at radius 3 is 2.33 bits per heavy atom. The van der Waals surface area contributed by atoms with E-state index in [1.807, 2.05) is 0 Å². The largest absolute Gasteiger partial charge is 0.476 e. The number of hydrogen-bond donors (Lipinski definition) is 2. The van der Waals surface area contributed by atoms with Crippen molar-refractivity contribution >= 4 is 11.9 Å². The zero-order valence-electron chi connectivity index (χ0n) is 9.89. The highest BCUT2D eigenvalue weighted by Gasteiger charge is 2.26. The lowest BCUT2D eigenvalue weighted by atomic mass is 9.87. The van der Waals surface area contributed by atoms with Crippen molar-refractivity contribution in [2.24, 2.45) is 5.92 Å². The lowest BCUT2D eigenvalue weighted by Crippen LogP contribution is -2.09. The highest BCUT2D eigenvalue weighted by Crippen LogP contribution is 2.27. The maximum atomic E-state index is 10.8. The Hall–Kier alpha value is -1.85. The molecule has 1 fully saturated rings. The van der Waals surface area contributed by atoms with Crippen molar-refractivity contribution in [3.63, 3.8) is 0 Å². The minimum Gasteiger partial charge on any atom is -0.476 e. The lowest BCUT2D eigenvalue weighted by molar-refractivity contribution is 0.0622. The third-order valence-electron chi connectivity index (χ3n) is 3.26. The molecule has 1 aromatic rings. The Kier molecular flexibility index (Phi) is 3.64. The first-order valence-corrected chi connectivity index (χ1v) is 6.04. The molecule has 0 atom stereocenters. The fourth-order valence-electron chi connectivity index (χ4n) is 2.38. The van der Waals surface area contributed by atoms with Gasteiger partial charge in [0.15, 0.2) is 5.89 Å². The van der Waals surface area contributed by atoms with Crippen LogP contribution in [0.25, 0.3) is 0 Å². The molecule has 0 aliphatic heterocycles. The molecular weight excluding hydrogens is 238 g/mol. The average Bonchev–Trinajstić information content (AvgIpc) is 2.74. The van der Waals surface area contributed by atoms with Gasteiger partial charge in [-0.3, -0.25) is 0 Å². The van der Waals surface area contributed by atoms with Crippen molar-refractivity contribution in [2.75, 3.05) is 0 Å². The summed E-state index contributed by atoms with van der Waals surface area (Å²) in [6.45, 7) is 0. The van der Waals surface area contributed by atoms with Crippen molar-refractivity contribution in [3.05, 3.63) is 17.3 Å². The second-order valence-corrected chi connectivity index (χ2v) is 4.60. The predicted molar refractivity (Wildman–Crippen MR) is 60.7 cm³/mol. The van der Waals surface area contributed by atoms with E-state index < -0.39 is 23.4 Å². The van der Waals surface area contributed by atoms with Gasteiger partial charge in [-0.25, -0.2) is 14.6 Å². The van der Waals surface area contributed by atoms with Crippen LogP contribution in [0.4, 0.5) is 0 Å². The van der Waals surface area contributed by atoms with Gasteiger partial charge < -0.3 is 14.6 Å². The van der Waals surface area contributed by atoms with Gasteiger partial charge in [-0.15, -0.1) is 0 Å². The first-order chi connectivity index (χ1) is 8.58. The molecule has 1 aliphatic carbocycles. The fourth-order valence-corrected chi connectivity index (χ4v) is 2.38. The molecule has 0 aromatic carbocycles. The number of aromatic nitrogens is 1. The topological polar surface area (TPSA) is 101 Å². The van der Waals surface area contributed by atoms with Crippen LogP contribution in [0.5, 0.6) is 0 Å². The Morgan fingerprint density at radius 1 is 1.17 bits per heavy atom. The van der Waals surface area contributed by atoms with Crippen molar-refractivity contribution in [3.8, 4) is 0 Å². The molecule has 1 aliphatic rings. The second-order valence-electron chi connectivity index (χ2n) is 4.60. The standard InChI is InChI=1S/C12H15NO5/c14-11(15)9-10(12(16)17)18-8(13-9)6-7-4-2-1-3-5-7/h7H,1-6H2,(H,14,15)(H,16,17). The van der Waals surface area contributed by atoms with Crippen LogP contribution in [-0.4, -0.2) is 27.1 Å². The average molecular weight is 253 g/mol. The summed E-state index contributed by atoms with van der Waals surface area (Å²) in [4.78, 5) is 25.5. The van der Waals surface area contributed by atoms with E-state index in [-0.39, 0.29) is 5.89 Å². The number of hydrogen-bond acceptors (Lipinski definition) is 4. The summed E-state index contributed by atoms with van der Waals surface area (Å²) in [7, 11) is 0. The zero-order valence-corrected chi connectivity index (χ0v) is 9.89. The van der Waals surface area contributed by atoms with Crippen LogP contribution in [0, 0.1) is 5.92 Å². The quantitative estimate of drug-likeness (QED) is 0.853. The molecule has 98 valence electrons. The molecule has 2 rings (SSSR count). The van der Waals surface area contributed by atoms with E-state index in [2.05, 4.69) is 4.98 Å². The molecule has 0 saturated heterocycles. The summed E-state index contributed by atoms with van der Waals surface area (Å²) in [5.74, 6) is -2.70. The van der Waals surface area contributed by atoms with Crippen molar-refractivity contribution in [1.29, 1.82) is 0 Å². The molecule has 1 heterocycles. The summed E-state index contributed by atoms with van der Waals surface area (Å²) in [6, 6.07) is 0. The van der Waals surface area contributed by atoms with Crippen LogP contribution in [0.1, 0.15) is 59.0 Å². The molecule has 0 spiro atoms. The summed E-state index contributed by atoms with van der Waals surface area (Å²) in [5, 5.41) is 17.7. The van der Waals surface area contributed by atoms with E-state index in [1.54, 1.807) is 0 Å². The number of nitrogens with zero attached hydrogens (tertiary/aromatic N) is 1. The number of carboxylic acids is 2. The van der Waals surface area contributed by atoms with E-state index in [9.17, 15) is 9.59 Å². The molecule has 1 saturated carbocycles. The number of oxazole rings is 1. The van der Waals surface area contributed by atoms with Crippen LogP contribution in [0.15, 0.2) is 4.42 Å². The third-order valence-corrected chi connectivity index (χ3v) is 3.26. The number of carboxylic acid groups (broad SMARTS) is 2. The number of carbonyl (C=O) groups is 2. The Bertz CT molecular complexity index is 428.